The van der Waals surface area contributed by atoms with Crippen molar-refractivity contribution in [1.82, 2.24) is 0 Å². The average Bonchev–Trinajstić information content (AvgIpc) is 2.10. The summed E-state index contributed by atoms with van der Waals surface area (Å²) in [5, 5.41) is 0. The van der Waals surface area contributed by atoms with Gasteiger partial charge in [-0.05, 0) is 0 Å². The van der Waals surface area contributed by atoms with E-state index in [1.807, 2.05) is 0 Å². The molecule has 0 aromatic rings. The Morgan fingerprint density at radius 2 is 1.47 bits per heavy atom. The van der Waals surface area contributed by atoms with Crippen molar-refractivity contribution < 1.29 is 4.74 Å². The molecule has 0 aliphatic heterocycles. The van der Waals surface area contributed by atoms with Gasteiger partial charge in [-0.15, -0.1) is 0 Å². The molecule has 0 aromatic heterocycles. The standard InChI is InChI=1S/C11H24OPSi2.3CH3.Sn/c1-8-12-9-10-13-11(14(2,3)4)15(5,6)7;;;;/h11H,8H2,1-7H3;3*1H3;. The molecule has 0 aromatic carbocycles. The van der Waals surface area contributed by atoms with Crippen LogP contribution in [0, 0.1) is 0 Å². The molecule has 112 valence electrons. The second-order valence-corrected chi connectivity index (χ2v) is 35.7. The predicted octanol–water partition coefficient (Wildman–Crippen LogP) is 5.25. The monoisotopic (exact) mass is 424 g/mol. The Hall–Kier alpha value is 0.982. The minimum atomic E-state index is -2.13. The predicted molar refractivity (Wildman–Crippen MR) is 101 cm³/mol. The van der Waals surface area contributed by atoms with Gasteiger partial charge >= 0.3 is 129 Å². The molecule has 0 bridgehead atoms. The average molecular weight is 423 g/mol. The van der Waals surface area contributed by atoms with Crippen LogP contribution in [0.1, 0.15) is 6.92 Å². The van der Waals surface area contributed by atoms with Gasteiger partial charge in [0, 0.05) is 0 Å². The molecule has 0 saturated heterocycles. The first kappa shape index (κ1) is 20.0. The first-order chi connectivity index (χ1) is 8.30. The molecule has 0 N–H and O–H groups in total. The SMILES string of the molecule is CCO[C](=C=PC([Si](C)(C)C)[Si](C)(C)C)[Sn]([CH3])([CH3])[CH3]. The zero-order valence-electron chi connectivity index (χ0n) is 14.6. The van der Waals surface area contributed by atoms with E-state index in [0.717, 1.165) is 11.5 Å². The molecule has 0 aliphatic carbocycles. The Morgan fingerprint density at radius 1 is 1.05 bits per heavy atom. The summed E-state index contributed by atoms with van der Waals surface area (Å²) in [6.07, 6.45) is 0. The Morgan fingerprint density at radius 3 is 1.74 bits per heavy atom. The van der Waals surface area contributed by atoms with Gasteiger partial charge in [-0.1, -0.05) is 0 Å². The number of hydrogen-bond acceptors (Lipinski definition) is 1. The Labute approximate surface area is 128 Å². The zero-order valence-corrected chi connectivity index (χ0v) is 20.4. The minimum absolute atomic E-state index is 0.788. The molecule has 0 heterocycles. The molecule has 5 heteroatoms. The van der Waals surface area contributed by atoms with Crippen molar-refractivity contribution >= 4 is 48.2 Å². The topological polar surface area (TPSA) is 9.23 Å². The van der Waals surface area contributed by atoms with Crippen LogP contribution in [0.2, 0.25) is 54.1 Å². The first-order valence-electron chi connectivity index (χ1n) is 7.26. The van der Waals surface area contributed by atoms with E-state index in [4.69, 9.17) is 4.74 Å². The van der Waals surface area contributed by atoms with E-state index >= 15 is 0 Å². The first-order valence-corrected chi connectivity index (χ1v) is 25.4. The van der Waals surface area contributed by atoms with Crippen LogP contribution in [-0.2, 0) is 4.74 Å². The number of rotatable bonds is 6. The summed E-state index contributed by atoms with van der Waals surface area (Å²) < 4.78 is 7.15. The molecular formula is C14H33OPSi2Sn. The van der Waals surface area contributed by atoms with E-state index in [1.54, 1.807) is 0 Å². The quantitative estimate of drug-likeness (QED) is 0.322. The molecule has 0 atom stereocenters. The maximum absolute atomic E-state index is 5.90. The van der Waals surface area contributed by atoms with Crippen LogP contribution in [0.3, 0.4) is 0 Å². The van der Waals surface area contributed by atoms with E-state index < -0.39 is 34.5 Å². The van der Waals surface area contributed by atoms with Crippen molar-refractivity contribution in [3.63, 3.8) is 0 Å². The zero-order chi connectivity index (χ0) is 15.5. The summed E-state index contributed by atoms with van der Waals surface area (Å²) in [6, 6.07) is 0. The van der Waals surface area contributed by atoms with E-state index in [2.05, 4.69) is 66.5 Å². The fourth-order valence-corrected chi connectivity index (χ4v) is 22.0. The second kappa shape index (κ2) is 7.31. The molecule has 0 amide bonds. The Bertz CT molecular complexity index is 341. The van der Waals surface area contributed by atoms with Crippen molar-refractivity contribution in [2.45, 2.75) is 65.9 Å². The molecule has 0 unspecified atom stereocenters. The third kappa shape index (κ3) is 7.52. The van der Waals surface area contributed by atoms with Crippen LogP contribution in [-0.4, -0.2) is 51.5 Å². The Kier molecular flexibility index (Phi) is 7.69. The molecule has 0 spiro atoms. The van der Waals surface area contributed by atoms with Crippen molar-refractivity contribution in [3.8, 4) is 0 Å². The van der Waals surface area contributed by atoms with E-state index in [-0.39, 0.29) is 0 Å². The van der Waals surface area contributed by atoms with Crippen LogP contribution in [0.25, 0.3) is 0 Å². The van der Waals surface area contributed by atoms with Gasteiger partial charge in [0.2, 0.25) is 0 Å². The van der Waals surface area contributed by atoms with Crippen molar-refractivity contribution in [2.24, 2.45) is 0 Å². The van der Waals surface area contributed by atoms with Crippen LogP contribution < -0.4 is 0 Å². The summed E-state index contributed by atoms with van der Waals surface area (Å²) in [7, 11) is -0.845. The summed E-state index contributed by atoms with van der Waals surface area (Å²) in [5.41, 5.74) is 3.70. The van der Waals surface area contributed by atoms with Gasteiger partial charge < -0.3 is 0 Å². The fraction of sp³-hybridized carbons (Fsp3) is 0.857. The summed E-state index contributed by atoms with van der Waals surface area (Å²) >= 11 is -2.13. The van der Waals surface area contributed by atoms with Crippen molar-refractivity contribution in [1.29, 1.82) is 0 Å². The molecule has 19 heavy (non-hydrogen) atoms. The molecule has 1 nitrogen and oxygen atoms in total. The van der Waals surface area contributed by atoms with Gasteiger partial charge in [0.05, 0.1) is 0 Å². The second-order valence-electron chi connectivity index (χ2n) is 8.39. The van der Waals surface area contributed by atoms with Gasteiger partial charge in [-0.2, -0.15) is 0 Å². The van der Waals surface area contributed by atoms with Gasteiger partial charge in [-0.3, -0.25) is 0 Å². The third-order valence-corrected chi connectivity index (χ3v) is 22.7. The molecular weight excluding hydrogens is 390 g/mol. The summed E-state index contributed by atoms with van der Waals surface area (Å²) in [6.45, 7) is 17.9. The maximum atomic E-state index is 5.90. The van der Waals surface area contributed by atoms with Gasteiger partial charge in [0.15, 0.2) is 0 Å². The number of hydrogen-bond donors (Lipinski definition) is 0. The molecule has 0 rings (SSSR count). The van der Waals surface area contributed by atoms with E-state index in [9.17, 15) is 0 Å². The third-order valence-electron chi connectivity index (χ3n) is 2.91. The van der Waals surface area contributed by atoms with Crippen molar-refractivity contribution in [2.75, 3.05) is 6.61 Å². The van der Waals surface area contributed by atoms with E-state index in [0.29, 0.717) is 0 Å². The normalized spacial score (nSPS) is 13.6. The van der Waals surface area contributed by atoms with Crippen LogP contribution in [0.15, 0.2) is 3.78 Å². The van der Waals surface area contributed by atoms with E-state index in [1.165, 1.54) is 12.0 Å². The van der Waals surface area contributed by atoms with Gasteiger partial charge in [0.1, 0.15) is 0 Å². The molecule has 0 fully saturated rings. The van der Waals surface area contributed by atoms with Crippen LogP contribution >= 0.6 is 8.20 Å². The molecule has 0 saturated carbocycles. The molecule has 0 radical (unpaired) electrons. The summed E-state index contributed by atoms with van der Waals surface area (Å²) in [5.74, 6) is 0. The van der Waals surface area contributed by atoms with Crippen LogP contribution in [0.5, 0.6) is 0 Å². The Balaban J connectivity index is 5.59. The molecule has 0 aliphatic rings. The van der Waals surface area contributed by atoms with Crippen LogP contribution in [0.4, 0.5) is 0 Å². The van der Waals surface area contributed by atoms with Crippen molar-refractivity contribution in [3.05, 3.63) is 3.78 Å². The van der Waals surface area contributed by atoms with Gasteiger partial charge in [0.25, 0.3) is 0 Å². The summed E-state index contributed by atoms with van der Waals surface area (Å²) in [4.78, 5) is 8.12. The van der Waals surface area contributed by atoms with Gasteiger partial charge in [-0.25, -0.2) is 0 Å². The fourth-order valence-electron chi connectivity index (χ4n) is 2.37. The number of ether oxygens (including phenoxy) is 1.